The van der Waals surface area contributed by atoms with Crippen molar-refractivity contribution in [2.24, 2.45) is 10.9 Å². The fourth-order valence-electron chi connectivity index (χ4n) is 3.69. The molecule has 1 aromatic carbocycles. The van der Waals surface area contributed by atoms with E-state index in [1.807, 2.05) is 24.7 Å². The maximum absolute atomic E-state index is 5.43. The van der Waals surface area contributed by atoms with Gasteiger partial charge >= 0.3 is 0 Å². The third-order valence-electron chi connectivity index (χ3n) is 5.37. The molecule has 0 radical (unpaired) electrons. The smallest absolute Gasteiger partial charge is 0.193 e. The van der Waals surface area contributed by atoms with Gasteiger partial charge in [-0.3, -0.25) is 4.99 Å². The molecule has 3 rings (SSSR count). The van der Waals surface area contributed by atoms with Crippen LogP contribution in [0.2, 0.25) is 0 Å². The van der Waals surface area contributed by atoms with Crippen LogP contribution in [0, 0.1) is 18.3 Å². The predicted octanol–water partition coefficient (Wildman–Crippen LogP) is 3.60. The van der Waals surface area contributed by atoms with E-state index in [-0.39, 0.29) is 24.0 Å². The van der Waals surface area contributed by atoms with Crippen molar-refractivity contribution in [2.75, 3.05) is 32.8 Å². The minimum absolute atomic E-state index is 0. The SMILES string of the molecule is C#CCOc1ccc(CCN=C(NCC)N2CCC(C)C(n3ccnc3)C2)cc1.I. The van der Waals surface area contributed by atoms with Gasteiger partial charge in [0, 0.05) is 38.6 Å². The van der Waals surface area contributed by atoms with Crippen molar-refractivity contribution in [2.45, 2.75) is 32.7 Å². The van der Waals surface area contributed by atoms with Gasteiger partial charge in [-0.1, -0.05) is 25.0 Å². The molecule has 162 valence electrons. The van der Waals surface area contributed by atoms with Crippen LogP contribution in [-0.2, 0) is 6.42 Å². The molecule has 0 bridgehead atoms. The molecule has 2 aromatic rings. The lowest BCUT2D eigenvalue weighted by Crippen LogP contribution is -2.49. The lowest BCUT2D eigenvalue weighted by atomic mass is 9.93. The van der Waals surface area contributed by atoms with Gasteiger partial charge in [0.25, 0.3) is 0 Å². The van der Waals surface area contributed by atoms with Gasteiger partial charge in [0.05, 0.1) is 12.4 Å². The summed E-state index contributed by atoms with van der Waals surface area (Å²) in [5.74, 6) is 4.90. The zero-order valence-corrected chi connectivity index (χ0v) is 20.2. The van der Waals surface area contributed by atoms with Gasteiger partial charge in [0.1, 0.15) is 12.4 Å². The van der Waals surface area contributed by atoms with E-state index in [1.54, 1.807) is 0 Å². The Labute approximate surface area is 197 Å². The molecule has 1 aromatic heterocycles. The molecule has 0 saturated carbocycles. The summed E-state index contributed by atoms with van der Waals surface area (Å²) in [6.45, 7) is 8.32. The van der Waals surface area contributed by atoms with Crippen molar-refractivity contribution < 1.29 is 4.74 Å². The highest BCUT2D eigenvalue weighted by Gasteiger charge is 2.28. The summed E-state index contributed by atoms with van der Waals surface area (Å²) in [5.41, 5.74) is 1.24. The second kappa shape index (κ2) is 12.5. The second-order valence-electron chi connectivity index (χ2n) is 7.41. The normalized spacial score (nSPS) is 19.0. The monoisotopic (exact) mass is 521 g/mol. The third-order valence-corrected chi connectivity index (χ3v) is 5.37. The Morgan fingerprint density at radius 1 is 1.37 bits per heavy atom. The first-order valence-corrected chi connectivity index (χ1v) is 10.4. The number of nitrogens with one attached hydrogen (secondary N) is 1. The van der Waals surface area contributed by atoms with Gasteiger partial charge in [0.2, 0.25) is 0 Å². The molecule has 1 N–H and O–H groups in total. The van der Waals surface area contributed by atoms with E-state index in [4.69, 9.17) is 16.2 Å². The Kier molecular flexibility index (Phi) is 10.0. The van der Waals surface area contributed by atoms with Gasteiger partial charge in [-0.15, -0.1) is 30.4 Å². The summed E-state index contributed by atoms with van der Waals surface area (Å²) in [6.07, 6.45) is 13.1. The van der Waals surface area contributed by atoms with Crippen LogP contribution in [0.5, 0.6) is 5.75 Å². The summed E-state index contributed by atoms with van der Waals surface area (Å²) in [5, 5.41) is 3.46. The lowest BCUT2D eigenvalue weighted by molar-refractivity contribution is 0.189. The number of benzene rings is 1. The first-order valence-electron chi connectivity index (χ1n) is 10.4. The van der Waals surface area contributed by atoms with Crippen LogP contribution >= 0.6 is 24.0 Å². The largest absolute Gasteiger partial charge is 0.481 e. The zero-order valence-electron chi connectivity index (χ0n) is 17.8. The molecular weight excluding hydrogens is 489 g/mol. The van der Waals surface area contributed by atoms with Crippen molar-refractivity contribution in [3.05, 3.63) is 48.5 Å². The number of hydrogen-bond acceptors (Lipinski definition) is 3. The van der Waals surface area contributed by atoms with Crippen LogP contribution in [0.3, 0.4) is 0 Å². The van der Waals surface area contributed by atoms with Gasteiger partial charge in [-0.25, -0.2) is 4.98 Å². The highest BCUT2D eigenvalue weighted by molar-refractivity contribution is 14.0. The van der Waals surface area contributed by atoms with Crippen LogP contribution < -0.4 is 10.1 Å². The van der Waals surface area contributed by atoms with Crippen molar-refractivity contribution in [1.82, 2.24) is 19.8 Å². The summed E-state index contributed by atoms with van der Waals surface area (Å²) < 4.78 is 7.65. The quantitative estimate of drug-likeness (QED) is 0.262. The van der Waals surface area contributed by atoms with E-state index in [0.29, 0.717) is 18.6 Å². The minimum Gasteiger partial charge on any atom is -0.481 e. The topological polar surface area (TPSA) is 54.7 Å². The number of terminal acetylenes is 1. The summed E-state index contributed by atoms with van der Waals surface area (Å²) in [6, 6.07) is 8.50. The van der Waals surface area contributed by atoms with E-state index < -0.39 is 0 Å². The number of halogens is 1. The number of imidazole rings is 1. The van der Waals surface area contributed by atoms with Crippen molar-refractivity contribution in [1.29, 1.82) is 0 Å². The molecule has 6 nitrogen and oxygen atoms in total. The van der Waals surface area contributed by atoms with Gasteiger partial charge < -0.3 is 19.5 Å². The Morgan fingerprint density at radius 2 is 2.17 bits per heavy atom. The summed E-state index contributed by atoms with van der Waals surface area (Å²) in [4.78, 5) is 11.5. The molecule has 0 aliphatic carbocycles. The van der Waals surface area contributed by atoms with E-state index in [2.05, 4.69) is 57.9 Å². The molecule has 2 unspecified atom stereocenters. The number of aromatic nitrogens is 2. The molecular formula is C23H32IN5O. The molecule has 2 atom stereocenters. The molecule has 7 heteroatoms. The van der Waals surface area contributed by atoms with E-state index >= 15 is 0 Å². The number of ether oxygens (including phenoxy) is 1. The average Bonchev–Trinajstić information content (AvgIpc) is 3.27. The number of aliphatic imine (C=N–C) groups is 1. The third kappa shape index (κ3) is 6.66. The average molecular weight is 521 g/mol. The number of nitrogens with zero attached hydrogens (tertiary/aromatic N) is 4. The molecule has 2 heterocycles. The first kappa shape index (κ1) is 24.1. The van der Waals surface area contributed by atoms with E-state index in [1.165, 1.54) is 5.56 Å². The highest BCUT2D eigenvalue weighted by atomic mass is 127. The maximum Gasteiger partial charge on any atom is 0.193 e. The molecule has 1 aliphatic rings. The van der Waals surface area contributed by atoms with Crippen molar-refractivity contribution in [3.8, 4) is 18.1 Å². The fourth-order valence-corrected chi connectivity index (χ4v) is 3.69. The molecule has 1 saturated heterocycles. The van der Waals surface area contributed by atoms with E-state index in [0.717, 1.165) is 50.7 Å². The Hall–Kier alpha value is -2.21. The number of hydrogen-bond donors (Lipinski definition) is 1. The number of piperidine rings is 1. The number of guanidine groups is 1. The Morgan fingerprint density at radius 3 is 2.83 bits per heavy atom. The van der Waals surface area contributed by atoms with Crippen LogP contribution in [0.15, 0.2) is 48.0 Å². The standard InChI is InChI=1S/C23H31N5O.HI/c1-4-16-29-21-8-6-20(7-9-21)10-12-26-23(25-5-2)27-14-11-19(3)22(17-27)28-15-13-24-18-28;/h1,6-9,13,15,18-19,22H,5,10-12,14,16-17H2,2-3H3,(H,25,26);1H. The summed E-state index contributed by atoms with van der Waals surface area (Å²) >= 11 is 0. The Balaban J connectivity index is 0.00000320. The van der Waals surface area contributed by atoms with Gasteiger partial charge in [-0.05, 0) is 43.4 Å². The van der Waals surface area contributed by atoms with Crippen molar-refractivity contribution in [3.63, 3.8) is 0 Å². The van der Waals surface area contributed by atoms with Gasteiger partial charge in [0.15, 0.2) is 5.96 Å². The Bertz CT molecular complexity index is 813. The highest BCUT2D eigenvalue weighted by Crippen LogP contribution is 2.27. The summed E-state index contributed by atoms with van der Waals surface area (Å²) in [7, 11) is 0. The molecule has 1 fully saturated rings. The predicted molar refractivity (Wildman–Crippen MR) is 132 cm³/mol. The van der Waals surface area contributed by atoms with Crippen LogP contribution in [-0.4, -0.2) is 53.2 Å². The second-order valence-corrected chi connectivity index (χ2v) is 7.41. The van der Waals surface area contributed by atoms with Crippen molar-refractivity contribution >= 4 is 29.9 Å². The molecule has 0 amide bonds. The van der Waals surface area contributed by atoms with Gasteiger partial charge in [-0.2, -0.15) is 0 Å². The molecule has 1 aliphatic heterocycles. The van der Waals surface area contributed by atoms with Crippen LogP contribution in [0.4, 0.5) is 0 Å². The lowest BCUT2D eigenvalue weighted by Gasteiger charge is -2.39. The molecule has 30 heavy (non-hydrogen) atoms. The number of likely N-dealkylation sites (tertiary alicyclic amines) is 1. The van der Waals surface area contributed by atoms with E-state index in [9.17, 15) is 0 Å². The maximum atomic E-state index is 5.43. The number of rotatable bonds is 7. The van der Waals surface area contributed by atoms with Crippen LogP contribution in [0.1, 0.15) is 31.9 Å². The first-order chi connectivity index (χ1) is 14.2. The zero-order chi connectivity index (χ0) is 20.5. The molecule has 0 spiro atoms. The minimum atomic E-state index is 0. The van der Waals surface area contributed by atoms with Crippen LogP contribution in [0.25, 0.3) is 0 Å². The fraction of sp³-hybridized carbons (Fsp3) is 0.478.